The molecule has 0 saturated carbocycles. The van der Waals surface area contributed by atoms with Gasteiger partial charge in [0.05, 0.1) is 6.04 Å². The van der Waals surface area contributed by atoms with Crippen LogP contribution in [0, 0.1) is 5.92 Å². The van der Waals surface area contributed by atoms with Crippen molar-refractivity contribution in [2.45, 2.75) is 32.9 Å². The number of carbonyl (C=O) groups is 1. The molecule has 0 aliphatic heterocycles. The van der Waals surface area contributed by atoms with Crippen LogP contribution in [0.15, 0.2) is 28.7 Å². The Morgan fingerprint density at radius 1 is 1.32 bits per heavy atom. The standard InChI is InChI=1S/C14H21BrN2O.ClH/c1-10(2)8-13(16)14(18)17(3)9-11-4-6-12(15)7-5-11;/h4-7,10,13H,8-9,16H2,1-3H3;1H/t13-;/m0./s1. The Morgan fingerprint density at radius 3 is 2.32 bits per heavy atom. The molecule has 3 nitrogen and oxygen atoms in total. The summed E-state index contributed by atoms with van der Waals surface area (Å²) in [5.74, 6) is 0.441. The maximum Gasteiger partial charge on any atom is 0.239 e. The number of hydrogen-bond acceptors (Lipinski definition) is 2. The van der Waals surface area contributed by atoms with E-state index >= 15 is 0 Å². The summed E-state index contributed by atoms with van der Waals surface area (Å²) in [7, 11) is 1.80. The van der Waals surface area contributed by atoms with E-state index in [0.717, 1.165) is 16.5 Å². The van der Waals surface area contributed by atoms with Gasteiger partial charge in [0.1, 0.15) is 0 Å². The van der Waals surface area contributed by atoms with Gasteiger partial charge >= 0.3 is 0 Å². The summed E-state index contributed by atoms with van der Waals surface area (Å²) >= 11 is 3.39. The molecular formula is C14H22BrClN2O. The maximum absolute atomic E-state index is 12.0. The van der Waals surface area contributed by atoms with Crippen molar-refractivity contribution in [1.29, 1.82) is 0 Å². The van der Waals surface area contributed by atoms with Crippen molar-refractivity contribution in [2.75, 3.05) is 7.05 Å². The van der Waals surface area contributed by atoms with Gasteiger partial charge in [-0.25, -0.2) is 0 Å². The van der Waals surface area contributed by atoms with Crippen LogP contribution in [0.1, 0.15) is 25.8 Å². The van der Waals surface area contributed by atoms with Gasteiger partial charge < -0.3 is 10.6 Å². The SMILES string of the molecule is CC(C)C[C@H](N)C(=O)N(C)Cc1ccc(Br)cc1.Cl. The average Bonchev–Trinajstić information content (AvgIpc) is 2.30. The highest BCUT2D eigenvalue weighted by Gasteiger charge is 2.18. The Bertz CT molecular complexity index is 395. The molecule has 2 N–H and O–H groups in total. The Balaban J connectivity index is 0.00000324. The van der Waals surface area contributed by atoms with E-state index in [-0.39, 0.29) is 18.3 Å². The molecule has 0 aliphatic carbocycles. The third kappa shape index (κ3) is 6.41. The molecular weight excluding hydrogens is 328 g/mol. The summed E-state index contributed by atoms with van der Waals surface area (Å²) < 4.78 is 1.04. The Morgan fingerprint density at radius 2 is 1.84 bits per heavy atom. The maximum atomic E-state index is 12.0. The van der Waals surface area contributed by atoms with E-state index in [1.165, 1.54) is 0 Å². The molecule has 0 aliphatic rings. The van der Waals surface area contributed by atoms with Crippen LogP contribution in [0.25, 0.3) is 0 Å². The highest BCUT2D eigenvalue weighted by atomic mass is 79.9. The molecule has 0 bridgehead atoms. The monoisotopic (exact) mass is 348 g/mol. The van der Waals surface area contributed by atoms with Crippen molar-refractivity contribution >= 4 is 34.2 Å². The lowest BCUT2D eigenvalue weighted by atomic mass is 10.0. The van der Waals surface area contributed by atoms with Gasteiger partial charge in [-0.05, 0) is 30.0 Å². The number of rotatable bonds is 5. The normalized spacial score (nSPS) is 11.9. The van der Waals surface area contributed by atoms with Crippen molar-refractivity contribution in [1.82, 2.24) is 4.90 Å². The predicted octanol–water partition coefficient (Wildman–Crippen LogP) is 3.20. The Kier molecular flexibility index (Phi) is 8.30. The molecule has 108 valence electrons. The highest BCUT2D eigenvalue weighted by molar-refractivity contribution is 9.10. The second kappa shape index (κ2) is 8.56. The molecule has 1 aromatic carbocycles. The molecule has 1 atom stereocenters. The number of nitrogens with zero attached hydrogens (tertiary/aromatic N) is 1. The Labute approximate surface area is 130 Å². The summed E-state index contributed by atoms with van der Waals surface area (Å²) in [6.45, 7) is 4.74. The van der Waals surface area contributed by atoms with Crippen molar-refractivity contribution < 1.29 is 4.79 Å². The average molecular weight is 350 g/mol. The molecule has 1 amide bonds. The van der Waals surface area contributed by atoms with E-state index in [9.17, 15) is 4.79 Å². The van der Waals surface area contributed by atoms with Crippen LogP contribution in [-0.4, -0.2) is 23.9 Å². The molecule has 0 heterocycles. The molecule has 0 radical (unpaired) electrons. The summed E-state index contributed by atoms with van der Waals surface area (Å²) in [6, 6.07) is 7.55. The van der Waals surface area contributed by atoms with E-state index in [2.05, 4.69) is 29.8 Å². The molecule has 0 spiro atoms. The van der Waals surface area contributed by atoms with E-state index in [1.54, 1.807) is 11.9 Å². The number of benzene rings is 1. The van der Waals surface area contributed by atoms with Crippen molar-refractivity contribution in [3.8, 4) is 0 Å². The topological polar surface area (TPSA) is 46.3 Å². The van der Waals surface area contributed by atoms with Crippen molar-refractivity contribution in [3.63, 3.8) is 0 Å². The lowest BCUT2D eigenvalue weighted by Gasteiger charge is -2.22. The number of amides is 1. The molecule has 0 fully saturated rings. The first kappa shape index (κ1) is 18.4. The molecule has 19 heavy (non-hydrogen) atoms. The van der Waals surface area contributed by atoms with Gasteiger partial charge in [-0.1, -0.05) is 41.9 Å². The molecule has 1 rings (SSSR count). The van der Waals surface area contributed by atoms with E-state index in [0.29, 0.717) is 12.5 Å². The van der Waals surface area contributed by atoms with Crippen molar-refractivity contribution in [2.24, 2.45) is 11.7 Å². The van der Waals surface area contributed by atoms with Gasteiger partial charge in [0.25, 0.3) is 0 Å². The van der Waals surface area contributed by atoms with Crippen LogP contribution in [-0.2, 0) is 11.3 Å². The minimum atomic E-state index is -0.398. The highest BCUT2D eigenvalue weighted by Crippen LogP contribution is 2.13. The quantitative estimate of drug-likeness (QED) is 0.887. The van der Waals surface area contributed by atoms with Crippen LogP contribution in [0.5, 0.6) is 0 Å². The number of carbonyl (C=O) groups excluding carboxylic acids is 1. The molecule has 5 heteroatoms. The number of nitrogens with two attached hydrogens (primary N) is 1. The van der Waals surface area contributed by atoms with Gasteiger partial charge in [-0.3, -0.25) is 4.79 Å². The minimum Gasteiger partial charge on any atom is -0.340 e. The zero-order chi connectivity index (χ0) is 13.7. The van der Waals surface area contributed by atoms with Gasteiger partial charge in [-0.15, -0.1) is 12.4 Å². The van der Waals surface area contributed by atoms with Crippen LogP contribution < -0.4 is 5.73 Å². The summed E-state index contributed by atoms with van der Waals surface area (Å²) in [5, 5.41) is 0. The minimum absolute atomic E-state index is 0. The van der Waals surface area contributed by atoms with E-state index in [4.69, 9.17) is 5.73 Å². The lowest BCUT2D eigenvalue weighted by molar-refractivity contribution is -0.132. The smallest absolute Gasteiger partial charge is 0.239 e. The summed E-state index contributed by atoms with van der Waals surface area (Å²) in [5.41, 5.74) is 7.00. The fourth-order valence-electron chi connectivity index (χ4n) is 1.83. The van der Waals surface area contributed by atoms with Crippen molar-refractivity contribution in [3.05, 3.63) is 34.3 Å². The molecule has 0 unspecified atom stereocenters. The molecule has 0 aromatic heterocycles. The molecule has 0 saturated heterocycles. The van der Waals surface area contributed by atoms with Gasteiger partial charge in [-0.2, -0.15) is 0 Å². The third-order valence-electron chi connectivity index (χ3n) is 2.75. The number of likely N-dealkylation sites (N-methyl/N-ethyl adjacent to an activating group) is 1. The molecule has 1 aromatic rings. The van der Waals surface area contributed by atoms with Crippen LogP contribution in [0.4, 0.5) is 0 Å². The summed E-state index contributed by atoms with van der Waals surface area (Å²) in [6.07, 6.45) is 0.726. The first-order valence-electron chi connectivity index (χ1n) is 6.15. The van der Waals surface area contributed by atoms with Gasteiger partial charge in [0.2, 0.25) is 5.91 Å². The summed E-state index contributed by atoms with van der Waals surface area (Å²) in [4.78, 5) is 13.7. The number of halogens is 2. The second-order valence-electron chi connectivity index (χ2n) is 5.06. The van der Waals surface area contributed by atoms with E-state index < -0.39 is 6.04 Å². The fraction of sp³-hybridized carbons (Fsp3) is 0.500. The van der Waals surface area contributed by atoms with Crippen LogP contribution in [0.3, 0.4) is 0 Å². The third-order valence-corrected chi connectivity index (χ3v) is 3.28. The van der Waals surface area contributed by atoms with E-state index in [1.807, 2.05) is 24.3 Å². The van der Waals surface area contributed by atoms with Gasteiger partial charge in [0.15, 0.2) is 0 Å². The first-order valence-corrected chi connectivity index (χ1v) is 6.94. The first-order chi connectivity index (χ1) is 8.40. The predicted molar refractivity (Wildman–Crippen MR) is 85.3 cm³/mol. The van der Waals surface area contributed by atoms with Gasteiger partial charge in [0, 0.05) is 18.1 Å². The zero-order valence-electron chi connectivity index (χ0n) is 11.6. The number of hydrogen-bond donors (Lipinski definition) is 1. The zero-order valence-corrected chi connectivity index (χ0v) is 14.0. The fourth-order valence-corrected chi connectivity index (χ4v) is 2.10. The van der Waals surface area contributed by atoms with Crippen LogP contribution in [0.2, 0.25) is 0 Å². The lowest BCUT2D eigenvalue weighted by Crippen LogP contribution is -2.42. The second-order valence-corrected chi connectivity index (χ2v) is 5.97. The Hall–Kier alpha value is -0.580. The largest absolute Gasteiger partial charge is 0.340 e. The van der Waals surface area contributed by atoms with Crippen LogP contribution >= 0.6 is 28.3 Å².